The molecule has 0 amide bonds. The van der Waals surface area contributed by atoms with E-state index in [-0.39, 0.29) is 17.7 Å². The molecular weight excluding hydrogens is 191 g/mol. The molecule has 1 heterocycles. The largest absolute Gasteiger partial charge is 0.395 e. The number of hydrogen-bond acceptors (Lipinski definition) is 3. The van der Waals surface area contributed by atoms with Crippen molar-refractivity contribution in [3.05, 3.63) is 29.6 Å². The highest BCUT2D eigenvalue weighted by molar-refractivity contribution is 8.00. The first-order valence-corrected chi connectivity index (χ1v) is 4.85. The molecule has 0 saturated carbocycles. The second kappa shape index (κ2) is 3.29. The maximum absolute atomic E-state index is 12.8. The smallest absolute Gasteiger partial charge is 0.123 e. The van der Waals surface area contributed by atoms with E-state index in [9.17, 15) is 9.50 Å². The lowest BCUT2D eigenvalue weighted by Crippen LogP contribution is -2.13. The van der Waals surface area contributed by atoms with Gasteiger partial charge < -0.3 is 10.2 Å². The van der Waals surface area contributed by atoms with E-state index in [2.05, 4.69) is 0 Å². The molecule has 1 aliphatic rings. The number of aliphatic hydroxyl groups is 2. The third-order valence-electron chi connectivity index (χ3n) is 2.10. The van der Waals surface area contributed by atoms with E-state index >= 15 is 0 Å². The van der Waals surface area contributed by atoms with Crippen LogP contribution < -0.4 is 0 Å². The number of aliphatic hydroxyl groups excluding tert-OH is 2. The van der Waals surface area contributed by atoms with E-state index in [4.69, 9.17) is 5.11 Å². The van der Waals surface area contributed by atoms with Crippen LogP contribution in [0.4, 0.5) is 4.39 Å². The van der Waals surface area contributed by atoms with Gasteiger partial charge in [-0.15, -0.1) is 11.8 Å². The SMILES string of the molecule is OC[C@@H]1Sc2ccc(F)cc2[C@H]1O. The standard InChI is InChI=1S/C9H9FO2S/c10-5-1-2-7-6(3-5)9(12)8(4-11)13-7/h1-3,8-9,11-12H,4H2/t8-,9+/m0/s1. The molecule has 1 aliphatic heterocycles. The lowest BCUT2D eigenvalue weighted by molar-refractivity contribution is 0.144. The summed E-state index contributed by atoms with van der Waals surface area (Å²) in [4.78, 5) is 0.855. The number of fused-ring (bicyclic) bond motifs is 1. The van der Waals surface area contributed by atoms with Gasteiger partial charge in [0.1, 0.15) is 5.82 Å². The maximum atomic E-state index is 12.8. The molecule has 0 radical (unpaired) electrons. The highest BCUT2D eigenvalue weighted by Gasteiger charge is 2.31. The Morgan fingerprint density at radius 2 is 2.23 bits per heavy atom. The van der Waals surface area contributed by atoms with Gasteiger partial charge in [0.25, 0.3) is 0 Å². The normalized spacial score (nSPS) is 26.1. The lowest BCUT2D eigenvalue weighted by Gasteiger charge is -2.09. The van der Waals surface area contributed by atoms with Crippen molar-refractivity contribution in [1.29, 1.82) is 0 Å². The fraction of sp³-hybridized carbons (Fsp3) is 0.333. The Hall–Kier alpha value is -0.580. The van der Waals surface area contributed by atoms with Crippen LogP contribution in [0.1, 0.15) is 11.7 Å². The van der Waals surface area contributed by atoms with E-state index in [0.29, 0.717) is 5.56 Å². The Bertz CT molecular complexity index is 329. The molecule has 2 atom stereocenters. The summed E-state index contributed by atoms with van der Waals surface area (Å²) in [5.74, 6) is -0.350. The van der Waals surface area contributed by atoms with Gasteiger partial charge in [-0.05, 0) is 23.8 Å². The van der Waals surface area contributed by atoms with Crippen LogP contribution in [0.3, 0.4) is 0 Å². The van der Waals surface area contributed by atoms with Gasteiger partial charge in [0, 0.05) is 4.90 Å². The molecule has 0 saturated heterocycles. The number of halogens is 1. The Balaban J connectivity index is 2.39. The lowest BCUT2D eigenvalue weighted by atomic mass is 10.1. The molecule has 0 bridgehead atoms. The number of rotatable bonds is 1. The maximum Gasteiger partial charge on any atom is 0.123 e. The van der Waals surface area contributed by atoms with Crippen molar-refractivity contribution in [3.8, 4) is 0 Å². The van der Waals surface area contributed by atoms with Crippen molar-refractivity contribution in [2.75, 3.05) is 6.61 Å². The highest BCUT2D eigenvalue weighted by Crippen LogP contribution is 2.43. The molecule has 2 rings (SSSR count). The third-order valence-corrected chi connectivity index (χ3v) is 3.44. The molecule has 13 heavy (non-hydrogen) atoms. The zero-order valence-electron chi connectivity index (χ0n) is 6.77. The molecule has 0 unspecified atom stereocenters. The topological polar surface area (TPSA) is 40.5 Å². The Morgan fingerprint density at radius 1 is 1.46 bits per heavy atom. The number of thioether (sulfide) groups is 1. The van der Waals surface area contributed by atoms with Gasteiger partial charge in [-0.3, -0.25) is 0 Å². The molecule has 0 aliphatic carbocycles. The Morgan fingerprint density at radius 3 is 2.92 bits per heavy atom. The molecule has 2 nitrogen and oxygen atoms in total. The molecule has 2 N–H and O–H groups in total. The van der Waals surface area contributed by atoms with Crippen molar-refractivity contribution in [2.24, 2.45) is 0 Å². The van der Waals surface area contributed by atoms with Crippen LogP contribution in [0.5, 0.6) is 0 Å². The van der Waals surface area contributed by atoms with Gasteiger partial charge in [0.15, 0.2) is 0 Å². The third kappa shape index (κ3) is 1.45. The van der Waals surface area contributed by atoms with E-state index in [1.165, 1.54) is 23.9 Å². The van der Waals surface area contributed by atoms with Crippen LogP contribution >= 0.6 is 11.8 Å². The molecule has 4 heteroatoms. The molecule has 0 aromatic heterocycles. The van der Waals surface area contributed by atoms with Gasteiger partial charge in [-0.2, -0.15) is 0 Å². The summed E-state index contributed by atoms with van der Waals surface area (Å²) in [5.41, 5.74) is 0.587. The minimum absolute atomic E-state index is 0.0951. The van der Waals surface area contributed by atoms with E-state index in [0.717, 1.165) is 4.90 Å². The summed E-state index contributed by atoms with van der Waals surface area (Å²) < 4.78 is 12.8. The second-order valence-corrected chi connectivity index (χ2v) is 4.25. The van der Waals surface area contributed by atoms with Crippen molar-refractivity contribution in [1.82, 2.24) is 0 Å². The fourth-order valence-corrected chi connectivity index (χ4v) is 2.56. The molecule has 1 aromatic rings. The van der Waals surface area contributed by atoms with Crippen LogP contribution in [-0.2, 0) is 0 Å². The van der Waals surface area contributed by atoms with Crippen LogP contribution in [0, 0.1) is 5.82 Å². The zero-order chi connectivity index (χ0) is 9.42. The summed E-state index contributed by atoms with van der Waals surface area (Å²) >= 11 is 1.39. The summed E-state index contributed by atoms with van der Waals surface area (Å²) in [6, 6.07) is 4.31. The minimum Gasteiger partial charge on any atom is -0.395 e. The Kier molecular flexibility index (Phi) is 2.27. The molecule has 0 fully saturated rings. The van der Waals surface area contributed by atoms with E-state index in [1.54, 1.807) is 6.07 Å². The second-order valence-electron chi connectivity index (χ2n) is 2.97. The minimum atomic E-state index is -0.749. The molecule has 0 spiro atoms. The van der Waals surface area contributed by atoms with Gasteiger partial charge in [-0.25, -0.2) is 4.39 Å². The van der Waals surface area contributed by atoms with E-state index in [1.807, 2.05) is 0 Å². The molecular formula is C9H9FO2S. The predicted octanol–water partition coefficient (Wildman–Crippen LogP) is 1.33. The molecule has 70 valence electrons. The quantitative estimate of drug-likeness (QED) is 0.718. The van der Waals surface area contributed by atoms with Crippen molar-refractivity contribution in [2.45, 2.75) is 16.2 Å². The summed E-state index contributed by atoms with van der Waals surface area (Å²) in [6.45, 7) is -0.0951. The molecule has 1 aromatic carbocycles. The summed E-state index contributed by atoms with van der Waals surface area (Å²) in [7, 11) is 0. The first-order valence-electron chi connectivity index (χ1n) is 3.97. The first kappa shape index (κ1) is 8.99. The predicted molar refractivity (Wildman–Crippen MR) is 48.1 cm³/mol. The van der Waals surface area contributed by atoms with E-state index < -0.39 is 6.10 Å². The van der Waals surface area contributed by atoms with Crippen LogP contribution in [0.25, 0.3) is 0 Å². The Labute approximate surface area is 79.4 Å². The van der Waals surface area contributed by atoms with Gasteiger partial charge in [0.2, 0.25) is 0 Å². The van der Waals surface area contributed by atoms with Crippen molar-refractivity contribution in [3.63, 3.8) is 0 Å². The van der Waals surface area contributed by atoms with Crippen LogP contribution in [0.2, 0.25) is 0 Å². The van der Waals surface area contributed by atoms with Gasteiger partial charge in [0.05, 0.1) is 18.0 Å². The average Bonchev–Trinajstić information content (AvgIpc) is 2.44. The van der Waals surface area contributed by atoms with Crippen molar-refractivity contribution >= 4 is 11.8 Å². The monoisotopic (exact) mass is 200 g/mol. The van der Waals surface area contributed by atoms with Gasteiger partial charge in [-0.1, -0.05) is 0 Å². The zero-order valence-corrected chi connectivity index (χ0v) is 7.59. The summed E-state index contributed by atoms with van der Waals surface area (Å²) in [6.07, 6.45) is -0.749. The van der Waals surface area contributed by atoms with Crippen LogP contribution in [-0.4, -0.2) is 22.1 Å². The van der Waals surface area contributed by atoms with Gasteiger partial charge >= 0.3 is 0 Å². The summed E-state index contributed by atoms with van der Waals surface area (Å²) in [5, 5.41) is 18.3. The van der Waals surface area contributed by atoms with Crippen molar-refractivity contribution < 1.29 is 14.6 Å². The van der Waals surface area contributed by atoms with Crippen LogP contribution in [0.15, 0.2) is 23.1 Å². The average molecular weight is 200 g/mol. The fourth-order valence-electron chi connectivity index (χ4n) is 1.42. The highest BCUT2D eigenvalue weighted by atomic mass is 32.2. The first-order chi connectivity index (χ1) is 6.22. The number of hydrogen-bond donors (Lipinski definition) is 2. The number of benzene rings is 1.